The lowest BCUT2D eigenvalue weighted by atomic mass is 9.95. The maximum atomic E-state index is 12.3. The second kappa shape index (κ2) is 8.52. The van der Waals surface area contributed by atoms with Crippen molar-refractivity contribution >= 4 is 23.5 Å². The van der Waals surface area contributed by atoms with Gasteiger partial charge in [-0.1, -0.05) is 18.2 Å². The molecule has 0 atom stereocenters. The van der Waals surface area contributed by atoms with Gasteiger partial charge in [-0.3, -0.25) is 9.59 Å². The second-order valence-electron chi connectivity index (χ2n) is 7.33. The zero-order chi connectivity index (χ0) is 19.3. The predicted molar refractivity (Wildman–Crippen MR) is 98.8 cm³/mol. The van der Waals surface area contributed by atoms with E-state index in [9.17, 15) is 19.5 Å². The van der Waals surface area contributed by atoms with E-state index in [1.54, 1.807) is 4.90 Å². The van der Waals surface area contributed by atoms with E-state index in [1.165, 1.54) is 0 Å². The number of likely N-dealkylation sites (tertiary alicyclic amines) is 1. The van der Waals surface area contributed by atoms with E-state index in [0.717, 1.165) is 18.5 Å². The van der Waals surface area contributed by atoms with Crippen LogP contribution in [0.25, 0.3) is 0 Å². The van der Waals surface area contributed by atoms with Crippen molar-refractivity contribution in [2.24, 2.45) is 5.92 Å². The lowest BCUT2D eigenvalue weighted by Gasteiger charge is -2.31. The van der Waals surface area contributed by atoms with Crippen molar-refractivity contribution in [3.63, 3.8) is 0 Å². The van der Waals surface area contributed by atoms with Gasteiger partial charge in [0.1, 0.15) is 0 Å². The highest BCUT2D eigenvalue weighted by Crippen LogP contribution is 2.30. The molecule has 7 heteroatoms. The van der Waals surface area contributed by atoms with Crippen LogP contribution in [0.1, 0.15) is 38.5 Å². The summed E-state index contributed by atoms with van der Waals surface area (Å²) in [6.07, 6.45) is 3.50. The first-order valence-corrected chi connectivity index (χ1v) is 9.51. The molecule has 2 aliphatic rings. The number of hydrogen-bond donors (Lipinski definition) is 2. The minimum Gasteiger partial charge on any atom is -0.453 e. The van der Waals surface area contributed by atoms with Gasteiger partial charge in [-0.2, -0.15) is 0 Å². The van der Waals surface area contributed by atoms with Crippen LogP contribution in [0, 0.1) is 5.92 Å². The molecule has 1 saturated carbocycles. The smallest absolute Gasteiger partial charge is 0.338 e. The molecule has 0 aromatic heterocycles. The number of rotatable bonds is 5. The summed E-state index contributed by atoms with van der Waals surface area (Å²) in [4.78, 5) is 38.2. The molecule has 0 radical (unpaired) electrons. The standard InChI is InChI=1S/C20H26N2O5/c23-17(14-27-19(25)20(26)10-4-5-11-20)22-12-8-15(9-13-22)18(24)21-16-6-2-1-3-7-16/h1-3,6-7,15,26H,4-5,8-14H2,(H,21,24). The third-order valence-electron chi connectivity index (χ3n) is 5.40. The van der Waals surface area contributed by atoms with Crippen LogP contribution in [0.2, 0.25) is 0 Å². The topological polar surface area (TPSA) is 95.9 Å². The number of carbonyl (C=O) groups is 3. The number of ether oxygens (including phenoxy) is 1. The van der Waals surface area contributed by atoms with Gasteiger partial charge < -0.3 is 20.1 Å². The zero-order valence-electron chi connectivity index (χ0n) is 15.4. The summed E-state index contributed by atoms with van der Waals surface area (Å²) in [6.45, 7) is 0.545. The van der Waals surface area contributed by atoms with Gasteiger partial charge in [-0.25, -0.2) is 4.79 Å². The van der Waals surface area contributed by atoms with Crippen LogP contribution in [-0.4, -0.2) is 53.1 Å². The zero-order valence-corrected chi connectivity index (χ0v) is 15.4. The summed E-state index contributed by atoms with van der Waals surface area (Å²) in [5, 5.41) is 13.0. The van der Waals surface area contributed by atoms with Gasteiger partial charge in [0.2, 0.25) is 5.91 Å². The van der Waals surface area contributed by atoms with Gasteiger partial charge in [-0.15, -0.1) is 0 Å². The second-order valence-corrected chi connectivity index (χ2v) is 7.33. The Balaban J connectivity index is 1.41. The summed E-state index contributed by atoms with van der Waals surface area (Å²) < 4.78 is 5.04. The molecule has 1 aromatic carbocycles. The summed E-state index contributed by atoms with van der Waals surface area (Å²) in [5.41, 5.74) is -0.666. The normalized spacial score (nSPS) is 19.5. The van der Waals surface area contributed by atoms with Crippen molar-refractivity contribution in [1.29, 1.82) is 0 Å². The largest absolute Gasteiger partial charge is 0.453 e. The first-order chi connectivity index (χ1) is 13.0. The average molecular weight is 374 g/mol. The van der Waals surface area contributed by atoms with E-state index in [4.69, 9.17) is 4.74 Å². The molecule has 1 heterocycles. The Hall–Kier alpha value is -2.41. The number of piperidine rings is 1. The molecular formula is C20H26N2O5. The lowest BCUT2D eigenvalue weighted by molar-refractivity contribution is -0.168. The molecule has 7 nitrogen and oxygen atoms in total. The molecule has 0 unspecified atom stereocenters. The molecule has 1 aromatic rings. The average Bonchev–Trinajstić information content (AvgIpc) is 3.14. The van der Waals surface area contributed by atoms with Crippen molar-refractivity contribution in [1.82, 2.24) is 4.90 Å². The monoisotopic (exact) mass is 374 g/mol. The number of aliphatic hydroxyl groups is 1. The summed E-state index contributed by atoms with van der Waals surface area (Å²) >= 11 is 0. The third-order valence-corrected chi connectivity index (χ3v) is 5.40. The third kappa shape index (κ3) is 4.86. The van der Waals surface area contributed by atoms with Gasteiger partial charge >= 0.3 is 5.97 Å². The molecule has 0 spiro atoms. The minimum absolute atomic E-state index is 0.0387. The highest BCUT2D eigenvalue weighted by molar-refractivity contribution is 5.92. The number of nitrogens with one attached hydrogen (secondary N) is 1. The number of benzene rings is 1. The van der Waals surface area contributed by atoms with E-state index in [0.29, 0.717) is 38.8 Å². The fourth-order valence-corrected chi connectivity index (χ4v) is 3.67. The van der Waals surface area contributed by atoms with E-state index >= 15 is 0 Å². The fourth-order valence-electron chi connectivity index (χ4n) is 3.67. The predicted octanol–water partition coefficient (Wildman–Crippen LogP) is 1.71. The molecule has 3 rings (SSSR count). The van der Waals surface area contributed by atoms with Crippen LogP contribution >= 0.6 is 0 Å². The van der Waals surface area contributed by atoms with E-state index in [2.05, 4.69) is 5.32 Å². The molecule has 1 saturated heterocycles. The molecule has 0 bridgehead atoms. The van der Waals surface area contributed by atoms with Crippen LogP contribution in [-0.2, 0) is 19.1 Å². The molecule has 1 aliphatic heterocycles. The first-order valence-electron chi connectivity index (χ1n) is 9.51. The maximum absolute atomic E-state index is 12.3. The van der Waals surface area contributed by atoms with Crippen LogP contribution in [0.3, 0.4) is 0 Å². The molecule has 27 heavy (non-hydrogen) atoms. The van der Waals surface area contributed by atoms with E-state index < -0.39 is 11.6 Å². The SMILES string of the molecule is O=C(Nc1ccccc1)C1CCN(C(=O)COC(=O)C2(O)CCCC2)CC1. The Morgan fingerprint density at radius 2 is 1.74 bits per heavy atom. The molecule has 2 fully saturated rings. The van der Waals surface area contributed by atoms with Crippen molar-refractivity contribution in [3.8, 4) is 0 Å². The van der Waals surface area contributed by atoms with Gasteiger partial charge in [-0.05, 0) is 50.7 Å². The van der Waals surface area contributed by atoms with Gasteiger partial charge in [0.25, 0.3) is 5.91 Å². The quantitative estimate of drug-likeness (QED) is 0.765. The number of amides is 2. The van der Waals surface area contributed by atoms with Crippen LogP contribution in [0.15, 0.2) is 30.3 Å². The number of esters is 1. The molecule has 2 N–H and O–H groups in total. The lowest BCUT2D eigenvalue weighted by Crippen LogP contribution is -2.44. The van der Waals surface area contributed by atoms with Crippen molar-refractivity contribution in [2.45, 2.75) is 44.1 Å². The van der Waals surface area contributed by atoms with Crippen molar-refractivity contribution in [3.05, 3.63) is 30.3 Å². The van der Waals surface area contributed by atoms with Gasteiger partial charge in [0, 0.05) is 24.7 Å². The number of carbonyl (C=O) groups excluding carboxylic acids is 3. The van der Waals surface area contributed by atoms with Crippen LogP contribution < -0.4 is 5.32 Å². The highest BCUT2D eigenvalue weighted by Gasteiger charge is 2.41. The summed E-state index contributed by atoms with van der Waals surface area (Å²) in [5.74, 6) is -1.17. The summed E-state index contributed by atoms with van der Waals surface area (Å²) in [6, 6.07) is 9.28. The fraction of sp³-hybridized carbons (Fsp3) is 0.550. The number of hydrogen-bond acceptors (Lipinski definition) is 5. The number of para-hydroxylation sites is 1. The van der Waals surface area contributed by atoms with Gasteiger partial charge in [0.05, 0.1) is 0 Å². The molecule has 146 valence electrons. The molecular weight excluding hydrogens is 348 g/mol. The Morgan fingerprint density at radius 1 is 1.11 bits per heavy atom. The van der Waals surface area contributed by atoms with E-state index in [1.807, 2.05) is 30.3 Å². The summed E-state index contributed by atoms with van der Waals surface area (Å²) in [7, 11) is 0. The molecule has 2 amide bonds. The number of nitrogens with zero attached hydrogens (tertiary/aromatic N) is 1. The number of anilines is 1. The van der Waals surface area contributed by atoms with Gasteiger partial charge in [0.15, 0.2) is 12.2 Å². The van der Waals surface area contributed by atoms with E-state index in [-0.39, 0.29) is 24.3 Å². The Labute approximate surface area is 158 Å². The Bertz CT molecular complexity index is 677. The maximum Gasteiger partial charge on any atom is 0.338 e. The first kappa shape index (κ1) is 19.4. The Kier molecular flexibility index (Phi) is 6.11. The highest BCUT2D eigenvalue weighted by atomic mass is 16.6. The minimum atomic E-state index is -1.43. The van der Waals surface area contributed by atoms with Crippen LogP contribution in [0.5, 0.6) is 0 Å². The molecule has 1 aliphatic carbocycles. The van der Waals surface area contributed by atoms with Crippen LogP contribution in [0.4, 0.5) is 5.69 Å². The van der Waals surface area contributed by atoms with Crippen molar-refractivity contribution < 1.29 is 24.2 Å². The Morgan fingerprint density at radius 3 is 2.37 bits per heavy atom. The van der Waals surface area contributed by atoms with Crippen molar-refractivity contribution in [2.75, 3.05) is 25.0 Å².